The lowest BCUT2D eigenvalue weighted by Crippen LogP contribution is -2.36. The van der Waals surface area contributed by atoms with Gasteiger partial charge < -0.3 is 14.8 Å². The zero-order valence-corrected chi connectivity index (χ0v) is 16.0. The Bertz CT molecular complexity index is 893. The number of guanidine groups is 1. The van der Waals surface area contributed by atoms with Crippen LogP contribution in [-0.4, -0.2) is 44.2 Å². The Balaban J connectivity index is 1.77. The average Bonchev–Trinajstić information content (AvgIpc) is 3.25. The van der Waals surface area contributed by atoms with Gasteiger partial charge in [0.2, 0.25) is 5.96 Å². The van der Waals surface area contributed by atoms with Crippen LogP contribution in [0.5, 0.6) is 0 Å². The number of ether oxygens (including phenoxy) is 2. The maximum absolute atomic E-state index is 13.1. The molecule has 8 heteroatoms. The van der Waals surface area contributed by atoms with Crippen molar-refractivity contribution in [3.8, 4) is 0 Å². The first-order chi connectivity index (χ1) is 14.0. The van der Waals surface area contributed by atoms with Crippen molar-refractivity contribution < 1.29 is 23.5 Å². The van der Waals surface area contributed by atoms with E-state index in [1.54, 1.807) is 24.3 Å². The van der Waals surface area contributed by atoms with Crippen molar-refractivity contribution in [3.63, 3.8) is 0 Å². The first-order valence-electron chi connectivity index (χ1n) is 9.23. The highest BCUT2D eigenvalue weighted by atomic mass is 19.1. The monoisotopic (exact) mass is 399 g/mol. The molecule has 7 nitrogen and oxygen atoms in total. The molecule has 1 aliphatic rings. The topological polar surface area (TPSA) is 89.0 Å². The van der Waals surface area contributed by atoms with Gasteiger partial charge in [-0.25, -0.2) is 14.2 Å². The predicted octanol–water partition coefficient (Wildman–Crippen LogP) is 2.99. The SMILES string of the molecule is COC(=O)c1cccc(NC(=NC[C@H]2CCCO2)NC(=O)c2ccc(F)cc2)c1. The fourth-order valence-electron chi connectivity index (χ4n) is 2.85. The van der Waals surface area contributed by atoms with Gasteiger partial charge in [-0.15, -0.1) is 0 Å². The summed E-state index contributed by atoms with van der Waals surface area (Å²) in [5, 5.41) is 5.71. The van der Waals surface area contributed by atoms with Gasteiger partial charge in [0.05, 0.1) is 25.3 Å². The summed E-state index contributed by atoms with van der Waals surface area (Å²) < 4.78 is 23.4. The van der Waals surface area contributed by atoms with Crippen molar-refractivity contribution in [2.45, 2.75) is 18.9 Å². The van der Waals surface area contributed by atoms with Crippen LogP contribution in [-0.2, 0) is 9.47 Å². The quantitative estimate of drug-likeness (QED) is 0.458. The van der Waals surface area contributed by atoms with E-state index in [1.165, 1.54) is 31.4 Å². The molecule has 3 rings (SSSR count). The third-order valence-electron chi connectivity index (χ3n) is 4.36. The lowest BCUT2D eigenvalue weighted by atomic mass is 10.2. The number of carbonyl (C=O) groups excluding carboxylic acids is 2. The molecule has 1 aliphatic heterocycles. The van der Waals surface area contributed by atoms with Crippen LogP contribution in [0.4, 0.5) is 10.1 Å². The molecule has 1 heterocycles. The minimum absolute atomic E-state index is 0.00377. The van der Waals surface area contributed by atoms with Crippen molar-refractivity contribution in [2.75, 3.05) is 25.6 Å². The second-order valence-corrected chi connectivity index (χ2v) is 6.48. The third-order valence-corrected chi connectivity index (χ3v) is 4.36. The normalized spacial score (nSPS) is 16.3. The van der Waals surface area contributed by atoms with E-state index in [1.807, 2.05) is 0 Å². The summed E-state index contributed by atoms with van der Waals surface area (Å²) in [4.78, 5) is 28.7. The third kappa shape index (κ3) is 5.86. The van der Waals surface area contributed by atoms with Gasteiger partial charge in [-0.1, -0.05) is 6.07 Å². The van der Waals surface area contributed by atoms with Gasteiger partial charge >= 0.3 is 5.97 Å². The van der Waals surface area contributed by atoms with Crippen LogP contribution >= 0.6 is 0 Å². The molecule has 0 aromatic heterocycles. The first kappa shape index (κ1) is 20.5. The molecule has 1 fully saturated rings. The molecule has 2 aromatic rings. The molecular weight excluding hydrogens is 377 g/mol. The highest BCUT2D eigenvalue weighted by Crippen LogP contribution is 2.14. The van der Waals surface area contributed by atoms with E-state index in [2.05, 4.69) is 15.6 Å². The van der Waals surface area contributed by atoms with Crippen LogP contribution in [0.15, 0.2) is 53.5 Å². The number of benzene rings is 2. The smallest absolute Gasteiger partial charge is 0.337 e. The molecule has 1 saturated heterocycles. The molecule has 0 aliphatic carbocycles. The Kier molecular flexibility index (Phi) is 6.91. The zero-order chi connectivity index (χ0) is 20.6. The number of esters is 1. The van der Waals surface area contributed by atoms with Gasteiger partial charge in [-0.05, 0) is 55.3 Å². The number of anilines is 1. The van der Waals surface area contributed by atoms with Crippen molar-refractivity contribution >= 4 is 23.5 Å². The predicted molar refractivity (Wildman–Crippen MR) is 107 cm³/mol. The number of hydrogen-bond acceptors (Lipinski definition) is 5. The summed E-state index contributed by atoms with van der Waals surface area (Å²) in [6.45, 7) is 1.08. The molecule has 0 radical (unpaired) electrons. The van der Waals surface area contributed by atoms with Crippen LogP contribution < -0.4 is 10.6 Å². The van der Waals surface area contributed by atoms with E-state index in [4.69, 9.17) is 9.47 Å². The van der Waals surface area contributed by atoms with Gasteiger partial charge in [0.15, 0.2) is 0 Å². The summed E-state index contributed by atoms with van der Waals surface area (Å²) in [5.41, 5.74) is 1.21. The maximum Gasteiger partial charge on any atom is 0.337 e. The summed E-state index contributed by atoms with van der Waals surface area (Å²) in [6.07, 6.45) is 1.88. The largest absolute Gasteiger partial charge is 0.465 e. The minimum atomic E-state index is -0.471. The van der Waals surface area contributed by atoms with Gasteiger partial charge in [0, 0.05) is 17.9 Å². The molecule has 29 heavy (non-hydrogen) atoms. The molecule has 1 amide bonds. The Morgan fingerprint density at radius 3 is 2.69 bits per heavy atom. The number of nitrogens with zero attached hydrogens (tertiary/aromatic N) is 1. The second kappa shape index (κ2) is 9.79. The number of aliphatic imine (C=N–C) groups is 1. The Hall–Kier alpha value is -3.26. The summed E-state index contributed by atoms with van der Waals surface area (Å²) in [5.74, 6) is -1.13. The van der Waals surface area contributed by atoms with E-state index < -0.39 is 17.7 Å². The summed E-state index contributed by atoms with van der Waals surface area (Å²) in [6, 6.07) is 11.8. The van der Waals surface area contributed by atoms with Crippen LogP contribution in [0.1, 0.15) is 33.6 Å². The van der Waals surface area contributed by atoms with E-state index in [0.29, 0.717) is 30.0 Å². The van der Waals surface area contributed by atoms with Gasteiger partial charge in [0.25, 0.3) is 5.91 Å². The number of nitrogens with one attached hydrogen (secondary N) is 2. The van der Waals surface area contributed by atoms with Gasteiger partial charge in [-0.2, -0.15) is 0 Å². The zero-order valence-electron chi connectivity index (χ0n) is 16.0. The molecule has 2 aromatic carbocycles. The molecule has 0 saturated carbocycles. The van der Waals surface area contributed by atoms with Crippen LogP contribution in [0, 0.1) is 5.82 Å². The summed E-state index contributed by atoms with van der Waals surface area (Å²) in [7, 11) is 1.31. The molecule has 2 N–H and O–H groups in total. The van der Waals surface area contributed by atoms with E-state index in [0.717, 1.165) is 12.8 Å². The number of halogens is 1. The molecule has 0 bridgehead atoms. The second-order valence-electron chi connectivity index (χ2n) is 6.48. The van der Waals surface area contributed by atoms with Gasteiger partial charge in [0.1, 0.15) is 5.82 Å². The molecule has 152 valence electrons. The van der Waals surface area contributed by atoms with Crippen molar-refractivity contribution in [1.29, 1.82) is 0 Å². The standard InChI is InChI=1S/C21H22FN3O4/c1-28-20(27)15-4-2-5-17(12-15)24-21(23-13-18-6-3-11-29-18)25-19(26)14-7-9-16(22)10-8-14/h2,4-5,7-10,12,18H,3,6,11,13H2,1H3,(H2,23,24,25,26)/t18-/m1/s1. The Labute approximate surface area is 167 Å². The van der Waals surface area contributed by atoms with Crippen LogP contribution in [0.25, 0.3) is 0 Å². The Morgan fingerprint density at radius 1 is 1.21 bits per heavy atom. The molecule has 1 atom stereocenters. The van der Waals surface area contributed by atoms with E-state index in [9.17, 15) is 14.0 Å². The number of amides is 1. The lowest BCUT2D eigenvalue weighted by molar-refractivity contribution is 0.0600. The van der Waals surface area contributed by atoms with E-state index >= 15 is 0 Å². The van der Waals surface area contributed by atoms with E-state index in [-0.39, 0.29) is 12.1 Å². The fourth-order valence-corrected chi connectivity index (χ4v) is 2.85. The molecular formula is C21H22FN3O4. The number of hydrogen-bond donors (Lipinski definition) is 2. The van der Waals surface area contributed by atoms with Crippen molar-refractivity contribution in [3.05, 3.63) is 65.5 Å². The minimum Gasteiger partial charge on any atom is -0.465 e. The van der Waals surface area contributed by atoms with Crippen molar-refractivity contribution in [2.24, 2.45) is 4.99 Å². The fraction of sp³-hybridized carbons (Fsp3) is 0.286. The molecule has 0 spiro atoms. The first-order valence-corrected chi connectivity index (χ1v) is 9.23. The van der Waals surface area contributed by atoms with Crippen LogP contribution in [0.2, 0.25) is 0 Å². The highest BCUT2D eigenvalue weighted by molar-refractivity contribution is 6.10. The summed E-state index contributed by atoms with van der Waals surface area (Å²) >= 11 is 0. The highest BCUT2D eigenvalue weighted by Gasteiger charge is 2.16. The average molecular weight is 399 g/mol. The Morgan fingerprint density at radius 2 is 2.00 bits per heavy atom. The van der Waals surface area contributed by atoms with Crippen LogP contribution in [0.3, 0.4) is 0 Å². The molecule has 0 unspecified atom stereocenters. The number of rotatable bonds is 5. The number of methoxy groups -OCH3 is 1. The van der Waals surface area contributed by atoms with Crippen molar-refractivity contribution in [1.82, 2.24) is 5.32 Å². The lowest BCUT2D eigenvalue weighted by Gasteiger charge is -2.14. The van der Waals surface area contributed by atoms with Gasteiger partial charge in [-0.3, -0.25) is 10.1 Å². The maximum atomic E-state index is 13.1. The number of carbonyl (C=O) groups is 2.